The predicted octanol–water partition coefficient (Wildman–Crippen LogP) is 3.16. The Bertz CT molecular complexity index is 900. The van der Waals surface area contributed by atoms with Crippen molar-refractivity contribution in [1.82, 2.24) is 19.4 Å². The first-order chi connectivity index (χ1) is 12.5. The van der Waals surface area contributed by atoms with Crippen LogP contribution in [0.4, 0.5) is 0 Å². The fraction of sp³-hybridized carbons (Fsp3) is 0.421. The molecular weight excluding hydrogens is 348 g/mol. The number of thiazole rings is 1. The van der Waals surface area contributed by atoms with Gasteiger partial charge >= 0.3 is 0 Å². The van der Waals surface area contributed by atoms with Gasteiger partial charge in [-0.3, -0.25) is 4.79 Å². The molecule has 7 heteroatoms. The maximum Gasteiger partial charge on any atom is 0.224 e. The quantitative estimate of drug-likeness (QED) is 0.691. The fourth-order valence-electron chi connectivity index (χ4n) is 2.89. The highest BCUT2D eigenvalue weighted by molar-refractivity contribution is 7.09. The lowest BCUT2D eigenvalue weighted by molar-refractivity contribution is -0.130. The predicted molar refractivity (Wildman–Crippen MR) is 103 cm³/mol. The maximum atomic E-state index is 12.5. The lowest BCUT2D eigenvalue weighted by Crippen LogP contribution is -2.27. The lowest BCUT2D eigenvalue weighted by Gasteiger charge is -2.16. The van der Waals surface area contributed by atoms with Crippen LogP contribution in [0.1, 0.15) is 42.7 Å². The Kier molecular flexibility index (Phi) is 5.68. The zero-order valence-electron chi connectivity index (χ0n) is 15.3. The maximum absolute atomic E-state index is 12.5. The number of amides is 1. The van der Waals surface area contributed by atoms with Crippen LogP contribution in [0.15, 0.2) is 29.6 Å². The second-order valence-electron chi connectivity index (χ2n) is 6.66. The molecule has 1 N–H and O–H groups in total. The van der Waals surface area contributed by atoms with Crippen LogP contribution in [-0.2, 0) is 24.5 Å². The molecule has 0 unspecified atom stereocenters. The second kappa shape index (κ2) is 7.97. The van der Waals surface area contributed by atoms with Gasteiger partial charge in [-0.25, -0.2) is 9.97 Å². The Morgan fingerprint density at radius 3 is 2.77 bits per heavy atom. The second-order valence-corrected chi connectivity index (χ2v) is 7.55. The highest BCUT2D eigenvalue weighted by Crippen LogP contribution is 2.20. The average molecular weight is 372 g/mol. The van der Waals surface area contributed by atoms with Gasteiger partial charge in [-0.15, -0.1) is 11.3 Å². The molecule has 1 aromatic carbocycles. The number of carbonyl (C=O) groups is 1. The highest BCUT2D eigenvalue weighted by Gasteiger charge is 2.15. The lowest BCUT2D eigenvalue weighted by atomic mass is 10.2. The van der Waals surface area contributed by atoms with Crippen molar-refractivity contribution in [2.75, 3.05) is 7.05 Å². The van der Waals surface area contributed by atoms with E-state index in [1.54, 1.807) is 23.3 Å². The third-order valence-electron chi connectivity index (χ3n) is 4.31. The summed E-state index contributed by atoms with van der Waals surface area (Å²) in [7, 11) is 1.80. The van der Waals surface area contributed by atoms with E-state index >= 15 is 0 Å². The van der Waals surface area contributed by atoms with Crippen LogP contribution in [-0.4, -0.2) is 37.5 Å². The minimum Gasteiger partial charge on any atom is -0.388 e. The van der Waals surface area contributed by atoms with Crippen molar-refractivity contribution >= 4 is 28.3 Å². The van der Waals surface area contributed by atoms with Gasteiger partial charge in [0.2, 0.25) is 5.91 Å². The summed E-state index contributed by atoms with van der Waals surface area (Å²) in [6, 6.07) is 7.72. The number of aliphatic hydroxyl groups excluding tert-OH is 1. The van der Waals surface area contributed by atoms with E-state index in [0.29, 0.717) is 31.3 Å². The number of nitrogens with zero attached hydrogens (tertiary/aromatic N) is 4. The number of carbonyl (C=O) groups excluding carboxylic acids is 1. The van der Waals surface area contributed by atoms with E-state index in [-0.39, 0.29) is 12.5 Å². The van der Waals surface area contributed by atoms with Crippen molar-refractivity contribution in [3.8, 4) is 0 Å². The number of fused-ring (bicyclic) bond motifs is 1. The summed E-state index contributed by atoms with van der Waals surface area (Å²) in [5.41, 5.74) is 2.70. The van der Waals surface area contributed by atoms with Gasteiger partial charge in [0, 0.05) is 31.3 Å². The van der Waals surface area contributed by atoms with E-state index in [9.17, 15) is 9.90 Å². The van der Waals surface area contributed by atoms with Crippen molar-refractivity contribution in [3.05, 3.63) is 46.2 Å². The van der Waals surface area contributed by atoms with Gasteiger partial charge in [0.05, 0.1) is 28.3 Å². The van der Waals surface area contributed by atoms with E-state index in [1.165, 1.54) is 0 Å². The number of aliphatic hydroxyl groups is 1. The Morgan fingerprint density at radius 2 is 2.08 bits per heavy atom. The van der Waals surface area contributed by atoms with Crippen LogP contribution in [0.25, 0.3) is 11.0 Å². The smallest absolute Gasteiger partial charge is 0.224 e. The van der Waals surface area contributed by atoms with Crippen LogP contribution in [0.2, 0.25) is 0 Å². The number of imidazole rings is 1. The third-order valence-corrected chi connectivity index (χ3v) is 5.51. The molecule has 0 saturated heterocycles. The summed E-state index contributed by atoms with van der Waals surface area (Å²) in [5, 5.41) is 12.7. The zero-order valence-corrected chi connectivity index (χ0v) is 16.2. The van der Waals surface area contributed by atoms with E-state index in [2.05, 4.69) is 23.8 Å². The topological polar surface area (TPSA) is 71.2 Å². The molecule has 0 aliphatic carbocycles. The summed E-state index contributed by atoms with van der Waals surface area (Å²) < 4.78 is 1.92. The van der Waals surface area contributed by atoms with Crippen molar-refractivity contribution < 1.29 is 9.90 Å². The molecule has 2 aromatic heterocycles. The first-order valence-electron chi connectivity index (χ1n) is 8.73. The Morgan fingerprint density at radius 1 is 1.31 bits per heavy atom. The zero-order chi connectivity index (χ0) is 18.7. The molecule has 3 rings (SSSR count). The van der Waals surface area contributed by atoms with Crippen molar-refractivity contribution in [2.24, 2.45) is 0 Å². The SMILES string of the molecule is CC(C)c1nc(CN(C)C(=O)CCn2c(CO)nc3ccccc32)cs1. The number of rotatable bonds is 7. The van der Waals surface area contributed by atoms with E-state index in [1.807, 2.05) is 34.2 Å². The average Bonchev–Trinajstić information content (AvgIpc) is 3.23. The number of aromatic nitrogens is 3. The van der Waals surface area contributed by atoms with Gasteiger partial charge < -0.3 is 14.6 Å². The minimum absolute atomic E-state index is 0.0470. The van der Waals surface area contributed by atoms with Crippen LogP contribution >= 0.6 is 11.3 Å². The molecule has 0 aliphatic heterocycles. The van der Waals surface area contributed by atoms with Gasteiger partial charge in [-0.05, 0) is 12.1 Å². The van der Waals surface area contributed by atoms with Crippen molar-refractivity contribution in [2.45, 2.75) is 45.9 Å². The van der Waals surface area contributed by atoms with Gasteiger partial charge in [0.1, 0.15) is 12.4 Å². The molecule has 0 bridgehead atoms. The third kappa shape index (κ3) is 3.94. The standard InChI is InChI=1S/C19H24N4O2S/c1-13(2)19-20-14(12-26-19)10-22(3)18(25)8-9-23-16-7-5-4-6-15(16)21-17(23)11-24/h4-7,12-13,24H,8-11H2,1-3H3. The molecule has 6 nitrogen and oxygen atoms in total. The molecule has 26 heavy (non-hydrogen) atoms. The van der Waals surface area contributed by atoms with Gasteiger partial charge in [-0.1, -0.05) is 26.0 Å². The summed E-state index contributed by atoms with van der Waals surface area (Å²) in [6.45, 7) is 5.10. The first-order valence-corrected chi connectivity index (χ1v) is 9.60. The van der Waals surface area contributed by atoms with Crippen molar-refractivity contribution in [1.29, 1.82) is 0 Å². The molecule has 0 aliphatic rings. The molecule has 3 aromatic rings. The largest absolute Gasteiger partial charge is 0.388 e. The van der Waals surface area contributed by atoms with Gasteiger partial charge in [0.25, 0.3) is 0 Å². The summed E-state index contributed by atoms with van der Waals surface area (Å²) in [4.78, 5) is 23.2. The number of benzene rings is 1. The molecule has 0 atom stereocenters. The molecular formula is C19H24N4O2S. The number of hydrogen-bond acceptors (Lipinski definition) is 5. The minimum atomic E-state index is -0.143. The number of hydrogen-bond donors (Lipinski definition) is 1. The normalized spacial score (nSPS) is 11.4. The number of aryl methyl sites for hydroxylation is 1. The Balaban J connectivity index is 1.64. The molecule has 1 amide bonds. The molecule has 0 saturated carbocycles. The molecule has 0 radical (unpaired) electrons. The summed E-state index contributed by atoms with van der Waals surface area (Å²) in [6.07, 6.45) is 0.352. The Hall–Kier alpha value is -2.25. The van der Waals surface area contributed by atoms with E-state index < -0.39 is 0 Å². The van der Waals surface area contributed by atoms with Crippen LogP contribution in [0.5, 0.6) is 0 Å². The van der Waals surface area contributed by atoms with E-state index in [4.69, 9.17) is 0 Å². The number of para-hydroxylation sites is 2. The fourth-order valence-corrected chi connectivity index (χ4v) is 3.71. The summed E-state index contributed by atoms with van der Waals surface area (Å²) in [5.74, 6) is 1.04. The molecule has 2 heterocycles. The van der Waals surface area contributed by atoms with Gasteiger partial charge in [-0.2, -0.15) is 0 Å². The molecule has 138 valence electrons. The van der Waals surface area contributed by atoms with Crippen LogP contribution < -0.4 is 0 Å². The molecule has 0 spiro atoms. The highest BCUT2D eigenvalue weighted by atomic mass is 32.1. The monoisotopic (exact) mass is 372 g/mol. The van der Waals surface area contributed by atoms with E-state index in [0.717, 1.165) is 21.7 Å². The van der Waals surface area contributed by atoms with Crippen molar-refractivity contribution in [3.63, 3.8) is 0 Å². The van der Waals surface area contributed by atoms with Gasteiger partial charge in [0.15, 0.2) is 0 Å². The Labute approximate surface area is 157 Å². The first kappa shape index (κ1) is 18.5. The molecule has 0 fully saturated rings. The van der Waals surface area contributed by atoms with Crippen LogP contribution in [0, 0.1) is 0 Å². The van der Waals surface area contributed by atoms with Crippen LogP contribution in [0.3, 0.4) is 0 Å². The summed E-state index contributed by atoms with van der Waals surface area (Å²) >= 11 is 1.64.